The quantitative estimate of drug-likeness (QED) is 0.488. The van der Waals surface area contributed by atoms with E-state index in [1.165, 1.54) is 24.6 Å². The largest absolute Gasteiger partial charge is 0.490 e. The Morgan fingerprint density at radius 2 is 2.38 bits per heavy atom. The molecule has 2 N–H and O–H groups in total. The van der Waals surface area contributed by atoms with Gasteiger partial charge in [-0.05, 0) is 31.4 Å². The third-order valence-corrected chi connectivity index (χ3v) is 5.55. The fourth-order valence-electron chi connectivity index (χ4n) is 3.04. The Hall–Kier alpha value is -2.78. The maximum absolute atomic E-state index is 14.0. The third-order valence-electron chi connectivity index (χ3n) is 4.36. The number of anilines is 1. The van der Waals surface area contributed by atoms with E-state index in [1.807, 2.05) is 0 Å². The van der Waals surface area contributed by atoms with Crippen molar-refractivity contribution in [3.63, 3.8) is 0 Å². The van der Waals surface area contributed by atoms with Crippen LogP contribution in [0.15, 0.2) is 42.7 Å². The monoisotopic (exact) mass is 419 g/mol. The van der Waals surface area contributed by atoms with Crippen molar-refractivity contribution < 1.29 is 23.8 Å². The van der Waals surface area contributed by atoms with Crippen molar-refractivity contribution in [2.45, 2.75) is 25.9 Å². The Labute approximate surface area is 171 Å². The number of rotatable bonds is 8. The third kappa shape index (κ3) is 5.18. The van der Waals surface area contributed by atoms with Gasteiger partial charge in [-0.2, -0.15) is 0 Å². The lowest BCUT2D eigenvalue weighted by atomic mass is 10.2. The number of aromatic nitrogens is 2. The smallest absolute Gasteiger partial charge is 0.346 e. The van der Waals surface area contributed by atoms with Crippen LogP contribution in [0, 0.1) is 6.92 Å². The number of carboxylic acids is 1. The summed E-state index contributed by atoms with van der Waals surface area (Å²) < 4.78 is 25.4. The van der Waals surface area contributed by atoms with Crippen molar-refractivity contribution >= 4 is 33.3 Å². The topological polar surface area (TPSA) is 93.6 Å². The summed E-state index contributed by atoms with van der Waals surface area (Å²) in [5.74, 6) is -0.636. The first-order chi connectivity index (χ1) is 14.0. The number of thiophene rings is 1. The molecular weight excluding hydrogens is 397 g/mol. The number of allylic oxidation sites excluding steroid dienone is 4. The molecule has 29 heavy (non-hydrogen) atoms. The normalized spacial score (nSPS) is 17.9. The molecule has 0 radical (unpaired) electrons. The van der Waals surface area contributed by atoms with E-state index in [2.05, 4.69) is 21.9 Å². The second-order valence-corrected chi connectivity index (χ2v) is 7.47. The number of nitrogens with zero attached hydrogens (tertiary/aromatic N) is 2. The van der Waals surface area contributed by atoms with Gasteiger partial charge in [0, 0.05) is 12.7 Å². The van der Waals surface area contributed by atoms with Gasteiger partial charge in [0.25, 0.3) is 0 Å². The molecule has 1 saturated heterocycles. The van der Waals surface area contributed by atoms with Crippen molar-refractivity contribution in [2.24, 2.45) is 0 Å². The molecule has 0 bridgehead atoms. The molecule has 1 aliphatic rings. The van der Waals surface area contributed by atoms with Gasteiger partial charge in [-0.15, -0.1) is 11.3 Å². The zero-order valence-corrected chi connectivity index (χ0v) is 16.8. The van der Waals surface area contributed by atoms with Crippen LogP contribution in [-0.4, -0.2) is 46.9 Å². The van der Waals surface area contributed by atoms with Gasteiger partial charge in [-0.25, -0.2) is 19.2 Å². The average Bonchev–Trinajstić information content (AvgIpc) is 3.05. The van der Waals surface area contributed by atoms with Gasteiger partial charge in [0.2, 0.25) is 0 Å². The van der Waals surface area contributed by atoms with E-state index >= 15 is 0 Å². The Morgan fingerprint density at radius 3 is 3.07 bits per heavy atom. The van der Waals surface area contributed by atoms with Crippen molar-refractivity contribution in [2.75, 3.05) is 25.1 Å². The minimum atomic E-state index is -1.01. The van der Waals surface area contributed by atoms with Crippen molar-refractivity contribution in [3.8, 4) is 0 Å². The number of aryl methyl sites for hydroxylation is 1. The summed E-state index contributed by atoms with van der Waals surface area (Å²) in [6.45, 7) is 6.53. The van der Waals surface area contributed by atoms with Crippen LogP contribution in [0.1, 0.15) is 28.1 Å². The predicted molar refractivity (Wildman–Crippen MR) is 110 cm³/mol. The highest BCUT2D eigenvalue weighted by molar-refractivity contribution is 7.20. The second-order valence-electron chi connectivity index (χ2n) is 6.47. The first-order valence-electron chi connectivity index (χ1n) is 9.14. The Bertz CT molecular complexity index is 964. The van der Waals surface area contributed by atoms with Gasteiger partial charge in [-0.3, -0.25) is 0 Å². The van der Waals surface area contributed by atoms with E-state index < -0.39 is 11.8 Å². The minimum absolute atomic E-state index is 0.153. The van der Waals surface area contributed by atoms with Crippen LogP contribution in [0.4, 0.5) is 10.2 Å². The second kappa shape index (κ2) is 9.62. The highest BCUT2D eigenvalue weighted by Gasteiger charge is 2.20. The molecule has 3 heterocycles. The molecule has 0 saturated carbocycles. The number of hydrogen-bond acceptors (Lipinski definition) is 7. The molecule has 1 aliphatic heterocycles. The fraction of sp³-hybridized carbons (Fsp3) is 0.350. The summed E-state index contributed by atoms with van der Waals surface area (Å²) in [4.78, 5) is 20.6. The highest BCUT2D eigenvalue weighted by atomic mass is 32.1. The molecule has 0 spiro atoms. The predicted octanol–water partition coefficient (Wildman–Crippen LogP) is 4.23. The molecular formula is C20H22FN3O4S. The number of nitrogens with one attached hydrogen (secondary N) is 1. The van der Waals surface area contributed by atoms with Crippen molar-refractivity contribution in [1.82, 2.24) is 9.97 Å². The molecule has 0 unspecified atom stereocenters. The van der Waals surface area contributed by atoms with E-state index in [9.17, 15) is 14.3 Å². The first-order valence-corrected chi connectivity index (χ1v) is 9.95. The van der Waals surface area contributed by atoms with E-state index in [0.717, 1.165) is 24.2 Å². The maximum atomic E-state index is 14.0. The summed E-state index contributed by atoms with van der Waals surface area (Å²) in [7, 11) is 0. The van der Waals surface area contributed by atoms with Gasteiger partial charge in [0.1, 0.15) is 39.5 Å². The van der Waals surface area contributed by atoms with Gasteiger partial charge in [-0.1, -0.05) is 12.7 Å². The van der Waals surface area contributed by atoms with Crippen LogP contribution in [0.5, 0.6) is 0 Å². The number of carbonyl (C=O) groups is 1. The first kappa shape index (κ1) is 20.9. The Morgan fingerprint density at radius 1 is 1.55 bits per heavy atom. The van der Waals surface area contributed by atoms with E-state index in [4.69, 9.17) is 9.47 Å². The summed E-state index contributed by atoms with van der Waals surface area (Å²) in [5, 5.41) is 13.1. The van der Waals surface area contributed by atoms with Crippen LogP contribution in [-0.2, 0) is 9.47 Å². The Kier molecular flexibility index (Phi) is 6.95. The molecule has 0 amide bonds. The number of fused-ring (bicyclic) bond motifs is 1. The molecule has 2 aromatic heterocycles. The standard InChI is InChI=1S/C20H22FN3O4S/c1-3-5-13(21)8-15(28-14-6-4-7-27-10-14)9-22-18-16-12(2)17(20(25)26)29-19(16)24-11-23-18/h3,5,8,11,14H,1,4,6-7,9-10H2,2H3,(H,25,26)(H,22,23,24)/b13-5+,15-8+/t14-/m0/s1. The van der Waals surface area contributed by atoms with E-state index in [0.29, 0.717) is 40.6 Å². The zero-order valence-electron chi connectivity index (χ0n) is 16.0. The van der Waals surface area contributed by atoms with Crippen LogP contribution in [0.2, 0.25) is 0 Å². The summed E-state index contributed by atoms with van der Waals surface area (Å²) >= 11 is 1.09. The number of halogens is 1. The SMILES string of the molecule is C=C/C=C(F)\C=C(/CNc1ncnc2sc(C(=O)O)c(C)c12)O[C@H]1CCCOC1. The van der Waals surface area contributed by atoms with Crippen LogP contribution in [0.3, 0.4) is 0 Å². The van der Waals surface area contributed by atoms with Gasteiger partial charge in [0.15, 0.2) is 0 Å². The number of aromatic carboxylic acids is 1. The summed E-state index contributed by atoms with van der Waals surface area (Å²) in [6, 6.07) is 0. The van der Waals surface area contributed by atoms with Gasteiger partial charge >= 0.3 is 5.97 Å². The molecule has 3 rings (SSSR count). The number of carboxylic acid groups (broad SMARTS) is 1. The molecule has 1 fully saturated rings. The lowest BCUT2D eigenvalue weighted by molar-refractivity contribution is -0.0232. The Balaban J connectivity index is 1.84. The zero-order chi connectivity index (χ0) is 20.8. The number of ether oxygens (including phenoxy) is 2. The highest BCUT2D eigenvalue weighted by Crippen LogP contribution is 2.33. The van der Waals surface area contributed by atoms with Crippen molar-refractivity contribution in [3.05, 3.63) is 53.2 Å². The van der Waals surface area contributed by atoms with E-state index in [1.54, 1.807) is 6.92 Å². The minimum Gasteiger partial charge on any atom is -0.490 e. The van der Waals surface area contributed by atoms with Crippen LogP contribution in [0.25, 0.3) is 10.2 Å². The average molecular weight is 419 g/mol. The van der Waals surface area contributed by atoms with Crippen LogP contribution >= 0.6 is 11.3 Å². The summed E-state index contributed by atoms with van der Waals surface area (Å²) in [5.41, 5.74) is 0.588. The van der Waals surface area contributed by atoms with Crippen molar-refractivity contribution in [1.29, 1.82) is 0 Å². The molecule has 1 atom stereocenters. The van der Waals surface area contributed by atoms with Crippen LogP contribution < -0.4 is 5.32 Å². The molecule has 0 aliphatic carbocycles. The van der Waals surface area contributed by atoms with E-state index in [-0.39, 0.29) is 17.5 Å². The molecule has 2 aromatic rings. The summed E-state index contributed by atoms with van der Waals surface area (Å²) in [6.07, 6.45) is 6.82. The fourth-order valence-corrected chi connectivity index (χ4v) is 4.03. The van der Waals surface area contributed by atoms with Gasteiger partial charge < -0.3 is 19.9 Å². The molecule has 7 nitrogen and oxygen atoms in total. The lowest BCUT2D eigenvalue weighted by Gasteiger charge is -2.25. The maximum Gasteiger partial charge on any atom is 0.346 e. The molecule has 0 aromatic carbocycles. The molecule has 9 heteroatoms. The number of hydrogen-bond donors (Lipinski definition) is 2. The van der Waals surface area contributed by atoms with Gasteiger partial charge in [0.05, 0.1) is 18.5 Å². The lowest BCUT2D eigenvalue weighted by Crippen LogP contribution is -2.26. The molecule has 154 valence electrons.